The van der Waals surface area contributed by atoms with E-state index in [1.54, 1.807) is 28.8 Å². The summed E-state index contributed by atoms with van der Waals surface area (Å²) in [5.74, 6) is -0.0721. The van der Waals surface area contributed by atoms with Crippen LogP contribution < -0.4 is 4.90 Å². The third-order valence-electron chi connectivity index (χ3n) is 3.44. The van der Waals surface area contributed by atoms with E-state index in [1.807, 2.05) is 30.3 Å². The number of amides is 1. The molecule has 2 aromatic carbocycles. The maximum absolute atomic E-state index is 13.0. The van der Waals surface area contributed by atoms with E-state index >= 15 is 0 Å². The monoisotopic (exact) mass is 391 g/mol. The van der Waals surface area contributed by atoms with Crippen LogP contribution in [0.2, 0.25) is 0 Å². The minimum Gasteiger partial charge on any atom is -0.315 e. The Morgan fingerprint density at radius 3 is 2.60 bits per heavy atom. The van der Waals surface area contributed by atoms with Crippen molar-refractivity contribution in [1.82, 2.24) is 9.78 Å². The molecule has 0 bridgehead atoms. The number of hydrogen-bond acceptors (Lipinski definition) is 5. The number of carbonyl (C=O) groups excluding carboxylic acids is 1. The molecule has 0 fully saturated rings. The van der Waals surface area contributed by atoms with Gasteiger partial charge in [-0.05, 0) is 48.6 Å². The Balaban J connectivity index is 1.68. The molecular formula is C17H14FN3OS3. The van der Waals surface area contributed by atoms with Crippen molar-refractivity contribution in [1.29, 1.82) is 0 Å². The lowest BCUT2D eigenvalue weighted by Crippen LogP contribution is -2.27. The second-order valence-electron chi connectivity index (χ2n) is 5.10. The molecule has 0 unspecified atom stereocenters. The van der Waals surface area contributed by atoms with Crippen molar-refractivity contribution >= 4 is 46.9 Å². The molecule has 0 N–H and O–H groups in total. The Bertz CT molecular complexity index is 922. The number of halogens is 1. The number of thioether (sulfide) groups is 1. The summed E-state index contributed by atoms with van der Waals surface area (Å²) in [5.41, 5.74) is 1.54. The highest BCUT2D eigenvalue weighted by Gasteiger charge is 2.13. The molecule has 4 nitrogen and oxygen atoms in total. The summed E-state index contributed by atoms with van der Waals surface area (Å²) in [7, 11) is 1.75. The lowest BCUT2D eigenvalue weighted by atomic mass is 10.3. The minimum atomic E-state index is -0.311. The molecule has 0 saturated heterocycles. The molecule has 1 amide bonds. The highest BCUT2D eigenvalue weighted by atomic mass is 32.2. The fourth-order valence-electron chi connectivity index (χ4n) is 2.08. The zero-order valence-electron chi connectivity index (χ0n) is 13.3. The summed E-state index contributed by atoms with van der Waals surface area (Å²) in [4.78, 5) is 13.9. The molecular weight excluding hydrogens is 377 g/mol. The normalized spacial score (nSPS) is 10.6. The zero-order valence-corrected chi connectivity index (χ0v) is 15.7. The maximum atomic E-state index is 13.0. The Morgan fingerprint density at radius 2 is 1.92 bits per heavy atom. The van der Waals surface area contributed by atoms with E-state index in [-0.39, 0.29) is 17.5 Å². The highest BCUT2D eigenvalue weighted by Crippen LogP contribution is 2.25. The number of rotatable bonds is 5. The second kappa shape index (κ2) is 7.90. The van der Waals surface area contributed by atoms with Crippen LogP contribution in [0.4, 0.5) is 10.1 Å². The Hall–Kier alpha value is -2.03. The van der Waals surface area contributed by atoms with Gasteiger partial charge in [-0.3, -0.25) is 4.79 Å². The molecule has 0 aliphatic rings. The van der Waals surface area contributed by atoms with E-state index in [1.165, 1.54) is 35.2 Å². The third-order valence-corrected chi connectivity index (χ3v) is 5.79. The average molecular weight is 392 g/mol. The topological polar surface area (TPSA) is 38.1 Å². The van der Waals surface area contributed by atoms with Crippen molar-refractivity contribution < 1.29 is 9.18 Å². The van der Waals surface area contributed by atoms with Crippen molar-refractivity contribution in [2.24, 2.45) is 0 Å². The summed E-state index contributed by atoms with van der Waals surface area (Å²) in [6.45, 7) is 0. The van der Waals surface area contributed by atoms with Gasteiger partial charge in [-0.1, -0.05) is 41.3 Å². The van der Waals surface area contributed by atoms with Crippen molar-refractivity contribution in [3.8, 4) is 5.69 Å². The molecule has 0 radical (unpaired) electrons. The molecule has 0 spiro atoms. The molecule has 0 aliphatic heterocycles. The van der Waals surface area contributed by atoms with E-state index in [0.29, 0.717) is 14.0 Å². The lowest BCUT2D eigenvalue weighted by molar-refractivity contribution is -0.115. The fraction of sp³-hybridized carbons (Fsp3) is 0.118. The maximum Gasteiger partial charge on any atom is 0.237 e. The lowest BCUT2D eigenvalue weighted by Gasteiger charge is -2.16. The Morgan fingerprint density at radius 1 is 1.24 bits per heavy atom. The van der Waals surface area contributed by atoms with Crippen LogP contribution in [0.1, 0.15) is 0 Å². The van der Waals surface area contributed by atoms with Gasteiger partial charge in [0.1, 0.15) is 5.82 Å². The van der Waals surface area contributed by atoms with Crippen molar-refractivity contribution in [3.05, 3.63) is 64.4 Å². The number of aromatic nitrogens is 2. The zero-order chi connectivity index (χ0) is 17.8. The van der Waals surface area contributed by atoms with Gasteiger partial charge in [0.05, 0.1) is 11.4 Å². The SMILES string of the molecule is CN(C(=O)CSc1nn(-c2ccc(F)cc2)c(=S)s1)c1ccccc1. The molecule has 0 saturated carbocycles. The van der Waals surface area contributed by atoms with Gasteiger partial charge in [0.2, 0.25) is 5.91 Å². The largest absolute Gasteiger partial charge is 0.315 e. The van der Waals surface area contributed by atoms with E-state index < -0.39 is 0 Å². The van der Waals surface area contributed by atoms with E-state index in [4.69, 9.17) is 12.2 Å². The quantitative estimate of drug-likeness (QED) is 0.472. The first kappa shape index (κ1) is 17.8. The number of hydrogen-bond donors (Lipinski definition) is 0. The minimum absolute atomic E-state index is 0.0225. The Labute approximate surface area is 157 Å². The first-order valence-electron chi connectivity index (χ1n) is 7.35. The molecule has 128 valence electrons. The summed E-state index contributed by atoms with van der Waals surface area (Å²) < 4.78 is 15.9. The molecule has 1 aromatic heterocycles. The number of para-hydroxylation sites is 1. The van der Waals surface area contributed by atoms with Crippen LogP contribution in [0.15, 0.2) is 58.9 Å². The molecule has 1 heterocycles. The molecule has 8 heteroatoms. The summed E-state index contributed by atoms with van der Waals surface area (Å²) >= 11 is 7.98. The number of carbonyl (C=O) groups is 1. The number of nitrogens with zero attached hydrogens (tertiary/aromatic N) is 3. The fourth-order valence-corrected chi connectivity index (χ4v) is 4.36. The summed E-state index contributed by atoms with van der Waals surface area (Å²) in [6.07, 6.45) is 0. The molecule has 3 rings (SSSR count). The molecule has 0 aliphatic carbocycles. The first-order valence-corrected chi connectivity index (χ1v) is 9.56. The first-order chi connectivity index (χ1) is 12.0. The van der Waals surface area contributed by atoms with Crippen LogP contribution in [0, 0.1) is 9.77 Å². The summed E-state index contributed by atoms with van der Waals surface area (Å²) in [5, 5.41) is 4.41. The van der Waals surface area contributed by atoms with E-state index in [0.717, 1.165) is 5.69 Å². The van der Waals surface area contributed by atoms with Gasteiger partial charge in [0.25, 0.3) is 0 Å². The Kier molecular flexibility index (Phi) is 5.62. The van der Waals surface area contributed by atoms with Gasteiger partial charge < -0.3 is 4.90 Å². The number of anilines is 1. The van der Waals surface area contributed by atoms with Crippen LogP contribution >= 0.6 is 35.3 Å². The van der Waals surface area contributed by atoms with E-state index in [2.05, 4.69) is 5.10 Å². The van der Waals surface area contributed by atoms with Crippen LogP contribution in [0.25, 0.3) is 5.69 Å². The van der Waals surface area contributed by atoms with Gasteiger partial charge in [-0.25, -0.2) is 9.07 Å². The van der Waals surface area contributed by atoms with Gasteiger partial charge in [-0.2, -0.15) is 0 Å². The van der Waals surface area contributed by atoms with Crippen molar-refractivity contribution in [3.63, 3.8) is 0 Å². The van der Waals surface area contributed by atoms with Crippen LogP contribution in [-0.2, 0) is 4.79 Å². The highest BCUT2D eigenvalue weighted by molar-refractivity contribution is 8.01. The van der Waals surface area contributed by atoms with Crippen LogP contribution in [0.3, 0.4) is 0 Å². The predicted octanol–water partition coefficient (Wildman–Crippen LogP) is 4.56. The average Bonchev–Trinajstić information content (AvgIpc) is 3.01. The van der Waals surface area contributed by atoms with Crippen molar-refractivity contribution in [2.75, 3.05) is 17.7 Å². The van der Waals surface area contributed by atoms with Crippen LogP contribution in [-0.4, -0.2) is 28.5 Å². The molecule has 25 heavy (non-hydrogen) atoms. The van der Waals surface area contributed by atoms with Crippen LogP contribution in [0.5, 0.6) is 0 Å². The third kappa shape index (κ3) is 4.33. The predicted molar refractivity (Wildman–Crippen MR) is 103 cm³/mol. The van der Waals surface area contributed by atoms with Gasteiger partial charge in [0, 0.05) is 12.7 Å². The standard InChI is InChI=1S/C17H14FN3OS3/c1-20(13-5-3-2-4-6-13)15(22)11-24-16-19-21(17(23)25-16)14-9-7-12(18)8-10-14/h2-10H,11H2,1H3. The van der Waals surface area contributed by atoms with Gasteiger partial charge >= 0.3 is 0 Å². The molecule has 3 aromatic rings. The van der Waals surface area contributed by atoms with Crippen molar-refractivity contribution in [2.45, 2.75) is 4.34 Å². The smallest absolute Gasteiger partial charge is 0.237 e. The molecule has 0 atom stereocenters. The second-order valence-corrected chi connectivity index (χ2v) is 7.94. The van der Waals surface area contributed by atoms with Gasteiger partial charge in [-0.15, -0.1) is 5.10 Å². The number of benzene rings is 2. The van der Waals surface area contributed by atoms with E-state index in [9.17, 15) is 9.18 Å². The van der Waals surface area contributed by atoms with Gasteiger partial charge in [0.15, 0.2) is 8.29 Å². The summed E-state index contributed by atoms with van der Waals surface area (Å²) in [6, 6.07) is 15.4.